The van der Waals surface area contributed by atoms with Gasteiger partial charge >= 0.3 is 5.97 Å². The van der Waals surface area contributed by atoms with Crippen LogP contribution in [0, 0.1) is 0 Å². The zero-order valence-corrected chi connectivity index (χ0v) is 11.6. The van der Waals surface area contributed by atoms with Crippen molar-refractivity contribution in [3.05, 3.63) is 28.2 Å². The number of carbonyl (C=O) groups is 2. The molecule has 0 aliphatic carbocycles. The van der Waals surface area contributed by atoms with Gasteiger partial charge in [0.05, 0.1) is 10.3 Å². The Balaban J connectivity index is 2.25. The quantitative estimate of drug-likeness (QED) is 0.863. The number of carbonyl (C=O) groups excluding carboxylic acids is 1. The molecule has 96 valence electrons. The van der Waals surface area contributed by atoms with Crippen molar-refractivity contribution in [1.82, 2.24) is 4.90 Å². The summed E-state index contributed by atoms with van der Waals surface area (Å²) in [5.74, 6) is -0.680. The predicted molar refractivity (Wildman–Crippen MR) is 70.7 cm³/mol. The number of benzene rings is 1. The first-order chi connectivity index (χ1) is 8.50. The Morgan fingerprint density at radius 1 is 1.44 bits per heavy atom. The summed E-state index contributed by atoms with van der Waals surface area (Å²) < 4.78 is 0.490. The Labute approximate surface area is 116 Å². The number of phenols is 1. The van der Waals surface area contributed by atoms with Gasteiger partial charge in [0.15, 0.2) is 0 Å². The van der Waals surface area contributed by atoms with Crippen molar-refractivity contribution in [2.24, 2.45) is 0 Å². The minimum atomic E-state index is -1.00. The normalized spacial score (nSPS) is 18.9. The Morgan fingerprint density at radius 2 is 2.17 bits per heavy atom. The zero-order chi connectivity index (χ0) is 13.3. The minimum Gasteiger partial charge on any atom is -0.507 e. The van der Waals surface area contributed by atoms with Gasteiger partial charge in [0, 0.05) is 11.3 Å². The highest BCUT2D eigenvalue weighted by molar-refractivity contribution is 9.10. The van der Waals surface area contributed by atoms with Crippen molar-refractivity contribution < 1.29 is 19.8 Å². The van der Waals surface area contributed by atoms with Crippen molar-refractivity contribution >= 4 is 39.6 Å². The van der Waals surface area contributed by atoms with E-state index in [1.807, 2.05) is 0 Å². The summed E-state index contributed by atoms with van der Waals surface area (Å²) in [6, 6.07) is 3.64. The van der Waals surface area contributed by atoms with Gasteiger partial charge in [-0.05, 0) is 34.1 Å². The van der Waals surface area contributed by atoms with Gasteiger partial charge in [-0.15, -0.1) is 11.8 Å². The lowest BCUT2D eigenvalue weighted by Crippen LogP contribution is -2.41. The molecule has 0 aromatic heterocycles. The largest absolute Gasteiger partial charge is 0.507 e. The molecule has 0 spiro atoms. The van der Waals surface area contributed by atoms with E-state index in [9.17, 15) is 14.7 Å². The molecule has 1 aromatic carbocycles. The Bertz CT molecular complexity index is 508. The van der Waals surface area contributed by atoms with Gasteiger partial charge in [0.25, 0.3) is 5.91 Å². The van der Waals surface area contributed by atoms with Crippen LogP contribution >= 0.6 is 27.7 Å². The van der Waals surface area contributed by atoms with Crippen LogP contribution in [0.25, 0.3) is 0 Å². The van der Waals surface area contributed by atoms with E-state index in [0.717, 1.165) is 0 Å². The smallest absolute Gasteiger partial charge is 0.327 e. The average molecular weight is 332 g/mol. The lowest BCUT2D eigenvalue weighted by atomic mass is 10.1. The molecule has 1 aliphatic rings. The molecule has 1 fully saturated rings. The second-order valence-corrected chi connectivity index (χ2v) is 5.65. The van der Waals surface area contributed by atoms with E-state index in [2.05, 4.69) is 15.9 Å². The Kier molecular flexibility index (Phi) is 3.82. The van der Waals surface area contributed by atoms with Crippen molar-refractivity contribution in [2.45, 2.75) is 6.04 Å². The fourth-order valence-corrected chi connectivity index (χ4v) is 3.05. The summed E-state index contributed by atoms with van der Waals surface area (Å²) in [4.78, 5) is 24.5. The van der Waals surface area contributed by atoms with Crippen LogP contribution in [0.15, 0.2) is 22.7 Å². The maximum atomic E-state index is 12.1. The van der Waals surface area contributed by atoms with Crippen molar-refractivity contribution in [1.29, 1.82) is 0 Å². The maximum absolute atomic E-state index is 12.1. The molecule has 0 bridgehead atoms. The maximum Gasteiger partial charge on any atom is 0.327 e. The van der Waals surface area contributed by atoms with E-state index in [1.54, 1.807) is 12.1 Å². The van der Waals surface area contributed by atoms with Crippen LogP contribution in [-0.2, 0) is 4.79 Å². The Morgan fingerprint density at radius 3 is 2.78 bits per heavy atom. The summed E-state index contributed by atoms with van der Waals surface area (Å²) in [5.41, 5.74) is 0.282. The number of nitrogens with zero attached hydrogens (tertiary/aromatic N) is 1. The third-order valence-electron chi connectivity index (χ3n) is 2.62. The number of aliphatic carboxylic acids is 1. The second kappa shape index (κ2) is 5.19. The number of amides is 1. The topological polar surface area (TPSA) is 77.8 Å². The predicted octanol–water partition coefficient (Wildman–Crippen LogP) is 1.75. The van der Waals surface area contributed by atoms with Crippen LogP contribution in [-0.4, -0.2) is 44.7 Å². The average Bonchev–Trinajstić information content (AvgIpc) is 2.81. The van der Waals surface area contributed by atoms with Crippen molar-refractivity contribution in [3.8, 4) is 5.75 Å². The second-order valence-electron chi connectivity index (χ2n) is 3.80. The lowest BCUT2D eigenvalue weighted by Gasteiger charge is -2.20. The van der Waals surface area contributed by atoms with E-state index in [0.29, 0.717) is 16.1 Å². The molecule has 0 radical (unpaired) electrons. The van der Waals surface area contributed by atoms with E-state index >= 15 is 0 Å². The summed E-state index contributed by atoms with van der Waals surface area (Å²) in [6.07, 6.45) is 0. The molecule has 2 N–H and O–H groups in total. The number of hydrogen-bond acceptors (Lipinski definition) is 4. The van der Waals surface area contributed by atoms with E-state index in [-0.39, 0.29) is 17.2 Å². The van der Waals surface area contributed by atoms with Crippen LogP contribution in [0.1, 0.15) is 10.4 Å². The molecule has 1 saturated heterocycles. The molecule has 1 aliphatic heterocycles. The van der Waals surface area contributed by atoms with Crippen LogP contribution in [0.3, 0.4) is 0 Å². The highest BCUT2D eigenvalue weighted by atomic mass is 79.9. The number of carboxylic acid groups (broad SMARTS) is 1. The van der Waals surface area contributed by atoms with Crippen molar-refractivity contribution in [3.63, 3.8) is 0 Å². The highest BCUT2D eigenvalue weighted by Crippen LogP contribution is 2.27. The third-order valence-corrected chi connectivity index (χ3v) is 4.30. The van der Waals surface area contributed by atoms with Crippen LogP contribution in [0.4, 0.5) is 0 Å². The molecule has 1 atom stereocenters. The number of aromatic hydroxyl groups is 1. The van der Waals surface area contributed by atoms with Gasteiger partial charge in [-0.25, -0.2) is 4.79 Å². The van der Waals surface area contributed by atoms with Gasteiger partial charge < -0.3 is 15.1 Å². The molecule has 1 amide bonds. The molecular formula is C11H10BrNO4S. The van der Waals surface area contributed by atoms with Gasteiger partial charge in [-0.2, -0.15) is 0 Å². The monoisotopic (exact) mass is 331 g/mol. The van der Waals surface area contributed by atoms with Crippen LogP contribution in [0.5, 0.6) is 5.75 Å². The highest BCUT2D eigenvalue weighted by Gasteiger charge is 2.35. The molecule has 0 saturated carbocycles. The van der Waals surface area contributed by atoms with Gasteiger partial charge in [0.1, 0.15) is 11.8 Å². The first kappa shape index (κ1) is 13.2. The Hall–Kier alpha value is -1.21. The molecule has 1 aromatic rings. The number of rotatable bonds is 2. The van der Waals surface area contributed by atoms with E-state index in [4.69, 9.17) is 5.11 Å². The fourth-order valence-electron chi connectivity index (χ4n) is 1.66. The van der Waals surface area contributed by atoms with E-state index in [1.165, 1.54) is 22.7 Å². The van der Waals surface area contributed by atoms with Gasteiger partial charge in [-0.1, -0.05) is 0 Å². The fraction of sp³-hybridized carbons (Fsp3) is 0.273. The molecule has 0 unspecified atom stereocenters. The standard InChI is InChI=1S/C11H10BrNO4S/c12-7-2-1-6(3-9(7)14)10(15)13-5-18-4-8(13)11(16)17/h1-3,8,14H,4-5H2,(H,16,17)/t8-/m0/s1. The van der Waals surface area contributed by atoms with E-state index < -0.39 is 12.0 Å². The molecule has 1 heterocycles. The number of carboxylic acids is 1. The third kappa shape index (κ3) is 2.46. The molecule has 5 nitrogen and oxygen atoms in total. The lowest BCUT2D eigenvalue weighted by molar-refractivity contribution is -0.140. The molecule has 7 heteroatoms. The van der Waals surface area contributed by atoms with Crippen molar-refractivity contribution in [2.75, 3.05) is 11.6 Å². The minimum absolute atomic E-state index is 0.0421. The molecular weight excluding hydrogens is 322 g/mol. The number of hydrogen-bond donors (Lipinski definition) is 2. The first-order valence-electron chi connectivity index (χ1n) is 5.10. The van der Waals surface area contributed by atoms with Gasteiger partial charge in [0.2, 0.25) is 0 Å². The first-order valence-corrected chi connectivity index (χ1v) is 7.05. The number of halogens is 1. The number of thioether (sulfide) groups is 1. The molecule has 18 heavy (non-hydrogen) atoms. The number of phenolic OH excluding ortho intramolecular Hbond substituents is 1. The summed E-state index contributed by atoms with van der Waals surface area (Å²) >= 11 is 4.53. The zero-order valence-electron chi connectivity index (χ0n) is 9.17. The summed E-state index contributed by atoms with van der Waals surface area (Å²) in [7, 11) is 0. The van der Waals surface area contributed by atoms with Crippen LogP contribution in [0.2, 0.25) is 0 Å². The summed E-state index contributed by atoms with van der Waals surface area (Å²) in [6.45, 7) is 0. The molecule has 2 rings (SSSR count). The van der Waals surface area contributed by atoms with Crippen LogP contribution < -0.4 is 0 Å². The van der Waals surface area contributed by atoms with Gasteiger partial charge in [-0.3, -0.25) is 4.79 Å². The summed E-state index contributed by atoms with van der Waals surface area (Å²) in [5, 5.41) is 18.5. The SMILES string of the molecule is O=C(O)[C@@H]1CSCN1C(=O)c1ccc(Br)c(O)c1.